The fourth-order valence-electron chi connectivity index (χ4n) is 6.94. The van der Waals surface area contributed by atoms with Crippen LogP contribution in [0.5, 0.6) is 0 Å². The standard InChI is InChI=1S/C36H46N2O10S2.Na/c1-24(20-31-35(2,3)27-22-25(49(43,44)45)14-16-29(27)37(31)18-10-6-8-12-33(39)40)21-32-36(4,5)28-23-26(50(46,47)48)15-17-30(28)38(32)19-11-7-9-13-34(41)42;/h14-17,20-23H,6-13,18-19H2,1-5H3,(H3-,39,40,41,42,43,44,45,46,47,48);/q;+1/p-1. The van der Waals surface area contributed by atoms with Gasteiger partial charge in [0.25, 0.3) is 0 Å². The van der Waals surface area contributed by atoms with E-state index in [4.69, 9.17) is 10.2 Å². The SMILES string of the molecule is CC(=C\C1=[N+](CCCCCC(=O)O)c2ccc(S(=O)(=O)[O-])cc2C1(C)C)/C=C1/N(CCCCCC(=O)O)c2ccc(S(=O)(=O)[O-])cc2C1(C)C.[Na+]. The van der Waals surface area contributed by atoms with E-state index in [0.717, 1.165) is 28.4 Å². The molecule has 0 atom stereocenters. The van der Waals surface area contributed by atoms with Crippen molar-refractivity contribution in [2.45, 2.75) is 107 Å². The van der Waals surface area contributed by atoms with E-state index in [-0.39, 0.29) is 52.2 Å². The summed E-state index contributed by atoms with van der Waals surface area (Å²) in [6.07, 6.45) is 7.84. The van der Waals surface area contributed by atoms with Gasteiger partial charge in [0, 0.05) is 60.3 Å². The first-order valence-electron chi connectivity index (χ1n) is 16.6. The van der Waals surface area contributed by atoms with Crippen molar-refractivity contribution in [2.75, 3.05) is 18.0 Å². The van der Waals surface area contributed by atoms with Gasteiger partial charge in [-0.05, 0) is 94.0 Å². The van der Waals surface area contributed by atoms with Crippen LogP contribution in [0.25, 0.3) is 0 Å². The Labute approximate surface area is 322 Å². The Kier molecular flexibility index (Phi) is 13.7. The molecule has 2 aliphatic heterocycles. The number of fused-ring (bicyclic) bond motifs is 2. The van der Waals surface area contributed by atoms with Gasteiger partial charge in [-0.1, -0.05) is 20.3 Å². The number of aliphatic carboxylic acids is 2. The van der Waals surface area contributed by atoms with Crippen LogP contribution in [-0.2, 0) is 40.7 Å². The van der Waals surface area contributed by atoms with Crippen molar-refractivity contribution < 1.29 is 79.9 Å². The Morgan fingerprint density at radius 1 is 0.784 bits per heavy atom. The maximum Gasteiger partial charge on any atom is 1.00 e. The van der Waals surface area contributed by atoms with Crippen LogP contribution in [0.3, 0.4) is 0 Å². The molecule has 4 rings (SSSR count). The van der Waals surface area contributed by atoms with Gasteiger partial charge < -0.3 is 24.2 Å². The Morgan fingerprint density at radius 2 is 1.31 bits per heavy atom. The Morgan fingerprint density at radius 3 is 1.86 bits per heavy atom. The van der Waals surface area contributed by atoms with E-state index in [1.807, 2.05) is 46.8 Å². The van der Waals surface area contributed by atoms with Crippen LogP contribution in [0.2, 0.25) is 0 Å². The molecule has 2 N–H and O–H groups in total. The molecule has 2 aromatic rings. The summed E-state index contributed by atoms with van der Waals surface area (Å²) < 4.78 is 73.8. The molecular weight excluding hydrogens is 708 g/mol. The molecule has 0 amide bonds. The molecule has 12 nitrogen and oxygen atoms in total. The third kappa shape index (κ3) is 9.78. The molecule has 51 heavy (non-hydrogen) atoms. The third-order valence-electron chi connectivity index (χ3n) is 9.58. The number of hydrogen-bond acceptors (Lipinski definition) is 9. The predicted octanol–water partition coefficient (Wildman–Crippen LogP) is 2.79. The van der Waals surface area contributed by atoms with E-state index in [1.165, 1.54) is 24.3 Å². The Hall–Kier alpha value is -2.85. The van der Waals surface area contributed by atoms with Gasteiger partial charge in [0.1, 0.15) is 26.8 Å². The van der Waals surface area contributed by atoms with Crippen LogP contribution in [0, 0.1) is 0 Å². The quantitative estimate of drug-likeness (QED) is 0.111. The largest absolute Gasteiger partial charge is 1.00 e. The second-order valence-corrected chi connectivity index (χ2v) is 16.8. The first-order chi connectivity index (χ1) is 23.2. The van der Waals surface area contributed by atoms with E-state index in [9.17, 15) is 35.5 Å². The summed E-state index contributed by atoms with van der Waals surface area (Å²) in [5, 5.41) is 18.1. The van der Waals surface area contributed by atoms with Gasteiger partial charge in [-0.15, -0.1) is 0 Å². The summed E-state index contributed by atoms with van der Waals surface area (Å²) in [5.41, 5.74) is 3.98. The van der Waals surface area contributed by atoms with Crippen LogP contribution < -0.4 is 34.5 Å². The maximum absolute atomic E-state index is 12.0. The number of hydrogen-bond donors (Lipinski definition) is 2. The van der Waals surface area contributed by atoms with Crippen molar-refractivity contribution in [2.24, 2.45) is 0 Å². The zero-order valence-electron chi connectivity index (χ0n) is 30.1. The van der Waals surface area contributed by atoms with Crippen LogP contribution in [0.4, 0.5) is 11.4 Å². The number of carboxylic acids is 2. The number of anilines is 1. The van der Waals surface area contributed by atoms with Crippen molar-refractivity contribution >= 4 is 49.3 Å². The minimum Gasteiger partial charge on any atom is -0.744 e. The summed E-state index contributed by atoms with van der Waals surface area (Å²) >= 11 is 0. The molecule has 0 fully saturated rings. The van der Waals surface area contributed by atoms with Gasteiger partial charge >= 0.3 is 41.5 Å². The van der Waals surface area contributed by atoms with Crippen LogP contribution >= 0.6 is 0 Å². The van der Waals surface area contributed by atoms with E-state index < -0.39 is 43.0 Å². The van der Waals surface area contributed by atoms with Crippen molar-refractivity contribution in [3.63, 3.8) is 0 Å². The van der Waals surface area contributed by atoms with Crippen molar-refractivity contribution in [3.05, 3.63) is 70.9 Å². The Bertz CT molecular complexity index is 2000. The topological polar surface area (TPSA) is 195 Å². The molecule has 2 aromatic carbocycles. The summed E-state index contributed by atoms with van der Waals surface area (Å²) in [4.78, 5) is 23.5. The smallest absolute Gasteiger partial charge is 0.744 e. The normalized spacial score (nSPS) is 17.4. The first-order valence-corrected chi connectivity index (χ1v) is 19.4. The second kappa shape index (κ2) is 16.4. The van der Waals surface area contributed by atoms with Gasteiger partial charge in [0.15, 0.2) is 5.71 Å². The average Bonchev–Trinajstić information content (AvgIpc) is 3.33. The summed E-state index contributed by atoms with van der Waals surface area (Å²) in [6.45, 7) is 10.8. The van der Waals surface area contributed by atoms with Crippen molar-refractivity contribution in [3.8, 4) is 0 Å². The zero-order valence-corrected chi connectivity index (χ0v) is 33.7. The fraction of sp³-hybridized carbons (Fsp3) is 0.472. The monoisotopic (exact) mass is 752 g/mol. The fourth-order valence-corrected chi connectivity index (χ4v) is 7.93. The molecule has 0 spiro atoms. The molecule has 272 valence electrons. The van der Waals surface area contributed by atoms with Gasteiger partial charge in [-0.25, -0.2) is 16.8 Å². The average molecular weight is 753 g/mol. The molecule has 2 heterocycles. The molecule has 0 saturated heterocycles. The molecule has 0 bridgehead atoms. The van der Waals surface area contributed by atoms with Crippen molar-refractivity contribution in [1.29, 1.82) is 0 Å². The predicted molar refractivity (Wildman–Crippen MR) is 186 cm³/mol. The van der Waals surface area contributed by atoms with Gasteiger partial charge in [0.2, 0.25) is 5.69 Å². The van der Waals surface area contributed by atoms with E-state index >= 15 is 0 Å². The first kappa shape index (κ1) is 42.6. The van der Waals surface area contributed by atoms with Gasteiger partial charge in [-0.3, -0.25) is 9.59 Å². The van der Waals surface area contributed by atoms with Crippen LogP contribution in [-0.4, -0.2) is 71.5 Å². The molecule has 0 radical (unpaired) electrons. The van der Waals surface area contributed by atoms with Gasteiger partial charge in [0.05, 0.1) is 15.2 Å². The molecule has 0 aliphatic carbocycles. The molecule has 0 saturated carbocycles. The molecule has 2 aliphatic rings. The molecule has 15 heteroatoms. The third-order valence-corrected chi connectivity index (χ3v) is 11.2. The molecular formula is C36H45N2NaO10S2. The number of benzene rings is 2. The number of carbonyl (C=O) groups is 2. The molecule has 0 unspecified atom stereocenters. The second-order valence-electron chi connectivity index (χ2n) is 14.0. The van der Waals surface area contributed by atoms with Crippen LogP contribution in [0.1, 0.15) is 97.1 Å². The minimum atomic E-state index is -4.70. The number of nitrogens with zero attached hydrogens (tertiary/aromatic N) is 2. The van der Waals surface area contributed by atoms with E-state index in [0.29, 0.717) is 62.7 Å². The van der Waals surface area contributed by atoms with E-state index in [1.54, 1.807) is 12.1 Å². The number of allylic oxidation sites excluding steroid dienone is 4. The maximum atomic E-state index is 12.0. The summed E-state index contributed by atoms with van der Waals surface area (Å²) in [7, 11) is -9.41. The number of carboxylic acid groups (broad SMARTS) is 2. The van der Waals surface area contributed by atoms with Crippen LogP contribution in [0.15, 0.2) is 69.6 Å². The zero-order chi connectivity index (χ0) is 37.2. The van der Waals surface area contributed by atoms with E-state index in [2.05, 4.69) is 9.48 Å². The Balaban J connectivity index is 0.00000702. The summed E-state index contributed by atoms with van der Waals surface area (Å²) in [5.74, 6) is -1.72. The summed E-state index contributed by atoms with van der Waals surface area (Å²) in [6, 6.07) is 8.73. The number of rotatable bonds is 16. The van der Waals surface area contributed by atoms with Gasteiger partial charge in [-0.2, -0.15) is 4.58 Å². The minimum absolute atomic E-state index is 0. The number of unbranched alkanes of at least 4 members (excludes halogenated alkanes) is 4. The molecule has 0 aromatic heterocycles. The van der Waals surface area contributed by atoms with Crippen molar-refractivity contribution in [1.82, 2.24) is 0 Å².